The Hall–Kier alpha value is -0.640. The molecule has 3 rings (SSSR count). The van der Waals surface area contributed by atoms with Crippen molar-refractivity contribution >= 4 is 28.9 Å². The van der Waals surface area contributed by atoms with Crippen molar-refractivity contribution in [1.29, 1.82) is 0 Å². The topological polar surface area (TPSA) is 44.3 Å². The first-order chi connectivity index (χ1) is 11.0. The molecule has 0 unspecified atom stereocenters. The molecule has 2 saturated heterocycles. The third kappa shape index (κ3) is 5.18. The molecule has 2 fully saturated rings. The molecule has 0 bridgehead atoms. The fraction of sp³-hybridized carbons (Fsp3) is 0.857. The monoisotopic (exact) mass is 385 g/mol. The average Bonchev–Trinajstić information content (AvgIpc) is 2.91. The zero-order chi connectivity index (χ0) is 16.3. The van der Waals surface area contributed by atoms with Crippen molar-refractivity contribution in [3.8, 4) is 0 Å². The standard InChI is InChI=1S/C14H22F3N5S.ClH/c15-14(16,17)12-19-20-13(23-12)22-7-1-6-21(8-9-22)10-11-2-4-18-5-3-11;/h11,18H,1-10H2;1H. The van der Waals surface area contributed by atoms with E-state index >= 15 is 0 Å². The summed E-state index contributed by atoms with van der Waals surface area (Å²) in [6.07, 6.45) is -1.02. The Kier molecular flexibility index (Phi) is 7.09. The van der Waals surface area contributed by atoms with Crippen molar-refractivity contribution in [2.75, 3.05) is 50.7 Å². The summed E-state index contributed by atoms with van der Waals surface area (Å²) in [7, 11) is 0. The van der Waals surface area contributed by atoms with E-state index in [9.17, 15) is 13.2 Å². The minimum absolute atomic E-state index is 0. The van der Waals surface area contributed by atoms with E-state index in [-0.39, 0.29) is 12.4 Å². The molecule has 0 spiro atoms. The molecule has 0 aromatic carbocycles. The van der Waals surface area contributed by atoms with Gasteiger partial charge in [0, 0.05) is 26.2 Å². The van der Waals surface area contributed by atoms with Gasteiger partial charge in [-0.15, -0.1) is 22.6 Å². The van der Waals surface area contributed by atoms with Crippen LogP contribution >= 0.6 is 23.7 Å². The molecule has 1 aromatic rings. The van der Waals surface area contributed by atoms with Crippen molar-refractivity contribution in [1.82, 2.24) is 20.4 Å². The largest absolute Gasteiger partial charge is 0.445 e. The van der Waals surface area contributed by atoms with Crippen LogP contribution in [0.4, 0.5) is 18.3 Å². The molecule has 5 nitrogen and oxygen atoms in total. The number of alkyl halides is 3. The summed E-state index contributed by atoms with van der Waals surface area (Å²) in [5.41, 5.74) is 0. The maximum absolute atomic E-state index is 12.6. The van der Waals surface area contributed by atoms with E-state index < -0.39 is 11.2 Å². The first kappa shape index (κ1) is 19.7. The molecule has 2 aliphatic heterocycles. The predicted octanol–water partition coefficient (Wildman–Crippen LogP) is 2.49. The Morgan fingerprint density at radius 1 is 1.08 bits per heavy atom. The van der Waals surface area contributed by atoms with Crippen LogP contribution in [0.25, 0.3) is 0 Å². The van der Waals surface area contributed by atoms with Gasteiger partial charge in [-0.1, -0.05) is 11.3 Å². The predicted molar refractivity (Wildman–Crippen MR) is 91.0 cm³/mol. The highest BCUT2D eigenvalue weighted by atomic mass is 35.5. The molecule has 0 aliphatic carbocycles. The maximum atomic E-state index is 12.6. The van der Waals surface area contributed by atoms with Crippen LogP contribution in [0.3, 0.4) is 0 Å². The Labute approximate surface area is 150 Å². The molecule has 10 heteroatoms. The van der Waals surface area contributed by atoms with Gasteiger partial charge in [0.15, 0.2) is 0 Å². The van der Waals surface area contributed by atoms with Crippen molar-refractivity contribution in [2.24, 2.45) is 5.92 Å². The van der Waals surface area contributed by atoms with Crippen LogP contribution in [-0.4, -0.2) is 60.9 Å². The van der Waals surface area contributed by atoms with Gasteiger partial charge >= 0.3 is 6.18 Å². The van der Waals surface area contributed by atoms with Crippen LogP contribution < -0.4 is 10.2 Å². The second-order valence-electron chi connectivity index (χ2n) is 6.22. The smallest absolute Gasteiger partial charge is 0.345 e. The molecule has 0 amide bonds. The number of hydrogen-bond acceptors (Lipinski definition) is 6. The van der Waals surface area contributed by atoms with Gasteiger partial charge in [-0.25, -0.2) is 0 Å². The number of halogens is 4. The number of nitrogens with zero attached hydrogens (tertiary/aromatic N) is 4. The van der Waals surface area contributed by atoms with Gasteiger partial charge < -0.3 is 15.1 Å². The number of aromatic nitrogens is 2. The van der Waals surface area contributed by atoms with Crippen molar-refractivity contribution in [3.05, 3.63) is 5.01 Å². The molecule has 0 saturated carbocycles. The highest BCUT2D eigenvalue weighted by molar-refractivity contribution is 7.15. The van der Waals surface area contributed by atoms with Crippen LogP contribution in [0.15, 0.2) is 0 Å². The summed E-state index contributed by atoms with van der Waals surface area (Å²) in [5.74, 6) is 0.737. The second-order valence-corrected chi connectivity index (χ2v) is 7.18. The van der Waals surface area contributed by atoms with Gasteiger partial charge in [0.1, 0.15) is 0 Å². The van der Waals surface area contributed by atoms with Gasteiger partial charge in [-0.3, -0.25) is 0 Å². The summed E-state index contributed by atoms with van der Waals surface area (Å²) in [6.45, 7) is 6.63. The molecule has 24 heavy (non-hydrogen) atoms. The quantitative estimate of drug-likeness (QED) is 0.866. The maximum Gasteiger partial charge on any atom is 0.445 e. The Balaban J connectivity index is 0.00000208. The normalized spacial score (nSPS) is 21.4. The minimum Gasteiger partial charge on any atom is -0.345 e. The molecule has 0 atom stereocenters. The molecular weight excluding hydrogens is 363 g/mol. The fourth-order valence-corrected chi connectivity index (χ4v) is 4.00. The first-order valence-corrected chi connectivity index (χ1v) is 8.93. The molecule has 0 radical (unpaired) electrons. The summed E-state index contributed by atoms with van der Waals surface area (Å²) in [6, 6.07) is 0. The lowest BCUT2D eigenvalue weighted by Crippen LogP contribution is -2.38. The molecule has 138 valence electrons. The fourth-order valence-electron chi connectivity index (χ4n) is 3.23. The summed E-state index contributed by atoms with van der Waals surface area (Å²) >= 11 is 0.644. The highest BCUT2D eigenvalue weighted by Crippen LogP contribution is 2.34. The number of rotatable bonds is 3. The third-order valence-corrected chi connectivity index (χ3v) is 5.52. The van der Waals surface area contributed by atoms with E-state index in [0.717, 1.165) is 58.2 Å². The summed E-state index contributed by atoms with van der Waals surface area (Å²) in [4.78, 5) is 4.39. The van der Waals surface area contributed by atoms with E-state index in [1.54, 1.807) is 0 Å². The van der Waals surface area contributed by atoms with Gasteiger partial charge in [0.2, 0.25) is 10.1 Å². The lowest BCUT2D eigenvalue weighted by Gasteiger charge is -2.29. The Morgan fingerprint density at radius 2 is 1.83 bits per heavy atom. The van der Waals surface area contributed by atoms with E-state index in [0.29, 0.717) is 16.5 Å². The van der Waals surface area contributed by atoms with Gasteiger partial charge in [0.05, 0.1) is 0 Å². The molecule has 1 N–H and O–H groups in total. The van der Waals surface area contributed by atoms with Crippen molar-refractivity contribution < 1.29 is 13.2 Å². The number of piperidine rings is 1. The lowest BCUT2D eigenvalue weighted by atomic mass is 9.97. The van der Waals surface area contributed by atoms with Gasteiger partial charge in [0.25, 0.3) is 0 Å². The van der Waals surface area contributed by atoms with Gasteiger partial charge in [-0.2, -0.15) is 13.2 Å². The zero-order valence-electron chi connectivity index (χ0n) is 13.4. The van der Waals surface area contributed by atoms with E-state index in [4.69, 9.17) is 0 Å². The molecule has 3 heterocycles. The van der Waals surface area contributed by atoms with Crippen LogP contribution in [0.1, 0.15) is 24.3 Å². The number of hydrogen-bond donors (Lipinski definition) is 1. The highest BCUT2D eigenvalue weighted by Gasteiger charge is 2.36. The van der Waals surface area contributed by atoms with Crippen LogP contribution in [0.5, 0.6) is 0 Å². The SMILES string of the molecule is Cl.FC(F)(F)c1nnc(N2CCCN(CC3CCNCC3)CC2)s1. The molecule has 2 aliphatic rings. The first-order valence-electron chi connectivity index (χ1n) is 8.11. The number of nitrogens with one attached hydrogen (secondary N) is 1. The van der Waals surface area contributed by atoms with E-state index in [1.165, 1.54) is 12.8 Å². The van der Waals surface area contributed by atoms with E-state index in [1.807, 2.05) is 4.90 Å². The van der Waals surface area contributed by atoms with Crippen molar-refractivity contribution in [3.63, 3.8) is 0 Å². The lowest BCUT2D eigenvalue weighted by molar-refractivity contribution is -0.138. The van der Waals surface area contributed by atoms with Crippen molar-refractivity contribution in [2.45, 2.75) is 25.4 Å². The zero-order valence-corrected chi connectivity index (χ0v) is 15.0. The van der Waals surface area contributed by atoms with E-state index in [2.05, 4.69) is 20.4 Å². The van der Waals surface area contributed by atoms with Gasteiger partial charge in [-0.05, 0) is 44.8 Å². The molecular formula is C14H23ClF3N5S. The van der Waals surface area contributed by atoms with Crippen LogP contribution in [-0.2, 0) is 6.18 Å². The molecule has 1 aromatic heterocycles. The third-order valence-electron chi connectivity index (χ3n) is 4.49. The second kappa shape index (κ2) is 8.64. The van der Waals surface area contributed by atoms with Crippen LogP contribution in [0.2, 0.25) is 0 Å². The number of anilines is 1. The van der Waals surface area contributed by atoms with Crippen LogP contribution in [0, 0.1) is 5.92 Å². The average molecular weight is 386 g/mol. The summed E-state index contributed by atoms with van der Waals surface area (Å²) < 4.78 is 37.9. The Morgan fingerprint density at radius 3 is 2.50 bits per heavy atom. The minimum atomic E-state index is -4.40. The Bertz CT molecular complexity index is 507. The summed E-state index contributed by atoms with van der Waals surface area (Å²) in [5, 5.41) is 9.93.